The molecule has 0 radical (unpaired) electrons. The molecule has 18 heavy (non-hydrogen) atoms. The third-order valence-corrected chi connectivity index (χ3v) is 2.22. The molecule has 0 atom stereocenters. The smallest absolute Gasteiger partial charge is 0.410 e. The summed E-state index contributed by atoms with van der Waals surface area (Å²) in [7, 11) is 0. The van der Waals surface area contributed by atoms with Crippen molar-refractivity contribution in [1.82, 2.24) is 10.2 Å². The predicted molar refractivity (Wildman–Crippen MR) is 61.6 cm³/mol. The molecule has 1 aromatic rings. The van der Waals surface area contributed by atoms with Gasteiger partial charge in [0.15, 0.2) is 5.03 Å². The summed E-state index contributed by atoms with van der Waals surface area (Å²) >= 11 is 0. The van der Waals surface area contributed by atoms with Crippen LogP contribution in [0.3, 0.4) is 0 Å². The number of hydrogen-bond acceptors (Lipinski definition) is 4. The van der Waals surface area contributed by atoms with E-state index in [1.165, 1.54) is 0 Å². The number of guanidine groups is 1. The average molecular weight is 250 g/mol. The molecule has 1 fully saturated rings. The lowest BCUT2D eigenvalue weighted by Crippen LogP contribution is -2.38. The number of carbonyl (C=O) groups is 1. The molecule has 1 aliphatic heterocycles. The summed E-state index contributed by atoms with van der Waals surface area (Å²) in [6.07, 6.45) is -0.702. The molecular weight excluding hydrogens is 240 g/mol. The summed E-state index contributed by atoms with van der Waals surface area (Å²) in [5.74, 6) is 0.260. The molecule has 0 aliphatic carbocycles. The summed E-state index contributed by atoms with van der Waals surface area (Å²) < 4.78 is 5.05. The van der Waals surface area contributed by atoms with Crippen LogP contribution in [0.2, 0.25) is 0 Å². The van der Waals surface area contributed by atoms with Crippen LogP contribution < -0.4 is 10.1 Å². The Balaban J connectivity index is 2.07. The molecule has 94 valence electrons. The largest absolute Gasteiger partial charge is 0.422 e. The zero-order valence-corrected chi connectivity index (χ0v) is 9.28. The second-order valence-electron chi connectivity index (χ2n) is 3.42. The van der Waals surface area contributed by atoms with Gasteiger partial charge in [-0.3, -0.25) is 0 Å². The van der Waals surface area contributed by atoms with Crippen molar-refractivity contribution in [2.24, 2.45) is 5.10 Å². The first-order valence-corrected chi connectivity index (χ1v) is 5.18. The van der Waals surface area contributed by atoms with Gasteiger partial charge in [0.25, 0.3) is 5.96 Å². The lowest BCUT2D eigenvalue weighted by Gasteiger charge is -2.13. The molecule has 1 saturated heterocycles. The molecule has 1 amide bonds. The van der Waals surface area contributed by atoms with Gasteiger partial charge in [0.2, 0.25) is 0 Å². The van der Waals surface area contributed by atoms with E-state index in [0.29, 0.717) is 12.3 Å². The number of rotatable bonds is 2. The van der Waals surface area contributed by atoms with E-state index in [1.54, 1.807) is 30.3 Å². The summed E-state index contributed by atoms with van der Waals surface area (Å²) in [6, 6.07) is 8.46. The quantitative estimate of drug-likeness (QED) is 0.613. The average Bonchev–Trinajstić information content (AvgIpc) is 2.77. The zero-order chi connectivity index (χ0) is 13.0. The maximum atomic E-state index is 11.8. The van der Waals surface area contributed by atoms with Crippen LogP contribution in [0.4, 0.5) is 4.79 Å². The van der Waals surface area contributed by atoms with Crippen LogP contribution in [-0.4, -0.2) is 35.1 Å². The van der Waals surface area contributed by atoms with Crippen molar-refractivity contribution < 1.29 is 14.6 Å². The van der Waals surface area contributed by atoms with Gasteiger partial charge in [0.1, 0.15) is 10.9 Å². The standard InChI is InChI=1S/C10H10N4O4/c15-10(18-8-4-2-1-3-5-8)13-7-6-11-9(13)12-14(16)17/h1-5H,6-7H2,(H,11,12). The van der Waals surface area contributed by atoms with Crippen molar-refractivity contribution in [3.8, 4) is 5.75 Å². The number of nitro groups is 1. The molecule has 0 spiro atoms. The SMILES string of the molecule is O=C(Oc1ccccc1)N1CCN/C1=N/[N+](=O)[O-]. The first-order chi connectivity index (χ1) is 8.66. The normalized spacial score (nSPS) is 16.4. The van der Waals surface area contributed by atoms with Crippen LogP contribution in [0.15, 0.2) is 35.4 Å². The van der Waals surface area contributed by atoms with E-state index in [0.717, 1.165) is 4.90 Å². The lowest BCUT2D eigenvalue weighted by molar-refractivity contribution is -0.485. The van der Waals surface area contributed by atoms with E-state index in [9.17, 15) is 14.9 Å². The molecule has 8 heteroatoms. The van der Waals surface area contributed by atoms with E-state index in [4.69, 9.17) is 4.74 Å². The number of hydrazone groups is 1. The number of carbonyl (C=O) groups excluding carboxylic acids is 1. The highest BCUT2D eigenvalue weighted by atomic mass is 16.7. The van der Waals surface area contributed by atoms with Crippen LogP contribution >= 0.6 is 0 Å². The van der Waals surface area contributed by atoms with Crippen molar-refractivity contribution >= 4 is 12.1 Å². The fourth-order valence-corrected chi connectivity index (χ4v) is 1.47. The second-order valence-corrected chi connectivity index (χ2v) is 3.42. The van der Waals surface area contributed by atoms with Crippen molar-refractivity contribution in [3.05, 3.63) is 40.4 Å². The van der Waals surface area contributed by atoms with Crippen LogP contribution in [0.1, 0.15) is 0 Å². The first kappa shape index (κ1) is 11.8. The minimum absolute atomic E-state index is 0.110. The molecular formula is C10H10N4O4. The van der Waals surface area contributed by atoms with Crippen molar-refractivity contribution in [3.63, 3.8) is 0 Å². The molecule has 8 nitrogen and oxygen atoms in total. The van der Waals surface area contributed by atoms with Gasteiger partial charge in [0.05, 0.1) is 0 Å². The fourth-order valence-electron chi connectivity index (χ4n) is 1.47. The topological polar surface area (TPSA) is 97.1 Å². The predicted octanol–water partition coefficient (Wildman–Crippen LogP) is 0.638. The summed E-state index contributed by atoms with van der Waals surface area (Å²) in [5.41, 5.74) is 0. The Kier molecular flexibility index (Phi) is 3.37. The molecule has 1 aliphatic rings. The molecule has 0 unspecified atom stereocenters. The fraction of sp³-hybridized carbons (Fsp3) is 0.200. The Labute approximate surface area is 102 Å². The van der Waals surface area contributed by atoms with Crippen LogP contribution in [0.25, 0.3) is 0 Å². The monoisotopic (exact) mass is 250 g/mol. The highest BCUT2D eigenvalue weighted by molar-refractivity contribution is 5.95. The van der Waals surface area contributed by atoms with E-state index in [1.807, 2.05) is 0 Å². The summed E-state index contributed by atoms with van der Waals surface area (Å²) in [6.45, 7) is 0.675. The number of para-hydroxylation sites is 1. The van der Waals surface area contributed by atoms with Gasteiger partial charge >= 0.3 is 6.09 Å². The van der Waals surface area contributed by atoms with Crippen LogP contribution in [0.5, 0.6) is 5.75 Å². The van der Waals surface area contributed by atoms with E-state index in [2.05, 4.69) is 10.4 Å². The maximum absolute atomic E-state index is 11.8. The molecule has 0 saturated carbocycles. The van der Waals surface area contributed by atoms with Gasteiger partial charge in [-0.15, -0.1) is 0 Å². The third kappa shape index (κ3) is 2.73. The maximum Gasteiger partial charge on any atom is 0.422 e. The van der Waals surface area contributed by atoms with Gasteiger partial charge < -0.3 is 10.1 Å². The summed E-state index contributed by atoms with van der Waals surface area (Å²) in [5, 5.41) is 15.1. The van der Waals surface area contributed by atoms with Gasteiger partial charge in [0, 0.05) is 13.1 Å². The molecule has 1 heterocycles. The number of hydrogen-bond donors (Lipinski definition) is 1. The van der Waals surface area contributed by atoms with E-state index < -0.39 is 11.1 Å². The minimum Gasteiger partial charge on any atom is -0.410 e. The zero-order valence-electron chi connectivity index (χ0n) is 9.28. The molecule has 1 N–H and O–H groups in total. The highest BCUT2D eigenvalue weighted by Gasteiger charge is 2.29. The number of nitrogens with zero attached hydrogens (tertiary/aromatic N) is 3. The van der Waals surface area contributed by atoms with E-state index >= 15 is 0 Å². The van der Waals surface area contributed by atoms with Crippen LogP contribution in [-0.2, 0) is 0 Å². The Bertz CT molecular complexity index is 488. The molecule has 2 rings (SSSR count). The Morgan fingerprint density at radius 3 is 2.83 bits per heavy atom. The van der Waals surface area contributed by atoms with Gasteiger partial charge in [-0.05, 0) is 12.1 Å². The van der Waals surface area contributed by atoms with Crippen LogP contribution in [0, 0.1) is 10.1 Å². The Morgan fingerprint density at radius 2 is 2.17 bits per heavy atom. The Hall–Kier alpha value is -2.64. The van der Waals surface area contributed by atoms with Crippen molar-refractivity contribution in [2.45, 2.75) is 0 Å². The summed E-state index contributed by atoms with van der Waals surface area (Å²) in [4.78, 5) is 23.1. The van der Waals surface area contributed by atoms with Crippen molar-refractivity contribution in [2.75, 3.05) is 13.1 Å². The minimum atomic E-state index is -0.865. The number of amides is 1. The Morgan fingerprint density at radius 1 is 1.44 bits per heavy atom. The van der Waals surface area contributed by atoms with Crippen molar-refractivity contribution in [1.29, 1.82) is 0 Å². The van der Waals surface area contributed by atoms with Gasteiger partial charge in [-0.2, -0.15) is 0 Å². The lowest BCUT2D eigenvalue weighted by atomic mass is 10.3. The highest BCUT2D eigenvalue weighted by Crippen LogP contribution is 2.11. The molecule has 1 aromatic carbocycles. The second kappa shape index (κ2) is 5.13. The van der Waals surface area contributed by atoms with E-state index in [-0.39, 0.29) is 12.5 Å². The first-order valence-electron chi connectivity index (χ1n) is 5.18. The van der Waals surface area contributed by atoms with Gasteiger partial charge in [-0.1, -0.05) is 18.2 Å². The number of ether oxygens (including phenoxy) is 1. The number of benzene rings is 1. The van der Waals surface area contributed by atoms with Gasteiger partial charge in [-0.25, -0.2) is 19.8 Å². The third-order valence-electron chi connectivity index (χ3n) is 2.22. The molecule has 0 bridgehead atoms. The molecule has 0 aromatic heterocycles. The number of nitrogens with one attached hydrogen (secondary N) is 1.